The Bertz CT molecular complexity index is 268. The molecule has 0 radical (unpaired) electrons. The van der Waals surface area contributed by atoms with E-state index in [9.17, 15) is 4.79 Å². The number of hydrogen-bond acceptors (Lipinski definition) is 4. The number of carbonyl (C=O) groups is 1. The van der Waals surface area contributed by atoms with E-state index in [2.05, 4.69) is 5.32 Å². The van der Waals surface area contributed by atoms with Crippen LogP contribution in [-0.4, -0.2) is 60.9 Å². The zero-order valence-electron chi connectivity index (χ0n) is 10.4. The molecule has 1 aliphatic heterocycles. The number of amides is 1. The second kappa shape index (κ2) is 5.80. The Morgan fingerprint density at radius 1 is 1.53 bits per heavy atom. The second-order valence-corrected chi connectivity index (χ2v) is 5.11. The number of carbonyl (C=O) groups excluding carboxylic acids is 1. The highest BCUT2D eigenvalue weighted by molar-refractivity contribution is 5.78. The van der Waals surface area contributed by atoms with Gasteiger partial charge in [0.05, 0.1) is 31.9 Å². The lowest BCUT2D eigenvalue weighted by Crippen LogP contribution is -2.54. The van der Waals surface area contributed by atoms with Gasteiger partial charge in [0.15, 0.2) is 0 Å². The largest absolute Gasteiger partial charge is 0.394 e. The maximum Gasteiger partial charge on any atom is 0.236 e. The number of ether oxygens (including phenoxy) is 1. The summed E-state index contributed by atoms with van der Waals surface area (Å²) in [6.45, 7) is 4.33. The number of nitrogens with one attached hydrogen (secondary N) is 1. The average molecular weight is 242 g/mol. The average Bonchev–Trinajstić information content (AvgIpc) is 3.13. The first kappa shape index (κ1) is 12.8. The molecule has 1 amide bonds. The fourth-order valence-corrected chi connectivity index (χ4v) is 2.08. The zero-order chi connectivity index (χ0) is 12.3. The number of aliphatic hydroxyl groups excluding tert-OH is 1. The lowest BCUT2D eigenvalue weighted by molar-refractivity contribution is -0.145. The van der Waals surface area contributed by atoms with Crippen LogP contribution >= 0.6 is 0 Å². The highest BCUT2D eigenvalue weighted by Gasteiger charge is 2.29. The molecule has 0 aromatic heterocycles. The zero-order valence-corrected chi connectivity index (χ0v) is 10.4. The molecular formula is C12H22N2O3. The molecule has 2 fully saturated rings. The van der Waals surface area contributed by atoms with Crippen molar-refractivity contribution >= 4 is 5.91 Å². The minimum absolute atomic E-state index is 0.0218. The van der Waals surface area contributed by atoms with Crippen molar-refractivity contribution in [2.75, 3.05) is 32.8 Å². The molecule has 2 unspecified atom stereocenters. The van der Waals surface area contributed by atoms with E-state index in [1.165, 1.54) is 12.8 Å². The fourth-order valence-electron chi connectivity index (χ4n) is 2.08. The molecule has 1 saturated heterocycles. The van der Waals surface area contributed by atoms with E-state index in [1.807, 2.05) is 11.8 Å². The molecule has 2 rings (SSSR count). The quantitative estimate of drug-likeness (QED) is 0.688. The van der Waals surface area contributed by atoms with Crippen molar-refractivity contribution < 1.29 is 14.6 Å². The van der Waals surface area contributed by atoms with Gasteiger partial charge in [0, 0.05) is 6.54 Å². The summed E-state index contributed by atoms with van der Waals surface area (Å²) in [5.74, 6) is 0.898. The van der Waals surface area contributed by atoms with Crippen molar-refractivity contribution in [3.63, 3.8) is 0 Å². The molecule has 2 N–H and O–H groups in total. The lowest BCUT2D eigenvalue weighted by atomic mass is 10.2. The van der Waals surface area contributed by atoms with E-state index >= 15 is 0 Å². The first-order chi connectivity index (χ1) is 8.20. The number of nitrogens with zero attached hydrogens (tertiary/aromatic N) is 1. The van der Waals surface area contributed by atoms with Crippen molar-refractivity contribution in [1.82, 2.24) is 10.2 Å². The van der Waals surface area contributed by atoms with Gasteiger partial charge < -0.3 is 20.1 Å². The molecular weight excluding hydrogens is 220 g/mol. The van der Waals surface area contributed by atoms with E-state index in [-0.39, 0.29) is 24.7 Å². The number of morpholine rings is 1. The molecule has 0 spiro atoms. The third-order valence-corrected chi connectivity index (χ3v) is 3.44. The Morgan fingerprint density at radius 2 is 2.29 bits per heavy atom. The molecule has 1 saturated carbocycles. The fraction of sp³-hybridized carbons (Fsp3) is 0.917. The van der Waals surface area contributed by atoms with E-state index < -0.39 is 0 Å². The van der Waals surface area contributed by atoms with Gasteiger partial charge in [-0.3, -0.25) is 4.79 Å². The normalized spacial score (nSPS) is 29.4. The minimum atomic E-state index is -0.224. The summed E-state index contributed by atoms with van der Waals surface area (Å²) in [6.07, 6.45) is 2.36. The van der Waals surface area contributed by atoms with Gasteiger partial charge in [0.1, 0.15) is 0 Å². The van der Waals surface area contributed by atoms with Crippen molar-refractivity contribution in [3.05, 3.63) is 0 Å². The number of aliphatic hydroxyl groups is 1. The van der Waals surface area contributed by atoms with Gasteiger partial charge in [-0.15, -0.1) is 0 Å². The minimum Gasteiger partial charge on any atom is -0.394 e. The lowest BCUT2D eigenvalue weighted by Gasteiger charge is -2.37. The van der Waals surface area contributed by atoms with Gasteiger partial charge >= 0.3 is 0 Å². The molecule has 0 aromatic rings. The van der Waals surface area contributed by atoms with Crippen molar-refractivity contribution in [2.45, 2.75) is 31.9 Å². The van der Waals surface area contributed by atoms with Crippen LogP contribution < -0.4 is 5.32 Å². The third-order valence-electron chi connectivity index (χ3n) is 3.44. The maximum absolute atomic E-state index is 12.0. The van der Waals surface area contributed by atoms with Crippen LogP contribution in [0.1, 0.15) is 19.8 Å². The molecule has 2 aliphatic rings. The van der Waals surface area contributed by atoms with Gasteiger partial charge in [-0.25, -0.2) is 0 Å². The van der Waals surface area contributed by atoms with Crippen LogP contribution in [0.5, 0.6) is 0 Å². The van der Waals surface area contributed by atoms with E-state index in [0.29, 0.717) is 19.7 Å². The maximum atomic E-state index is 12.0. The number of hydrogen-bond donors (Lipinski definition) is 2. The van der Waals surface area contributed by atoms with E-state index in [0.717, 1.165) is 12.5 Å². The summed E-state index contributed by atoms with van der Waals surface area (Å²) in [7, 11) is 0. The highest BCUT2D eigenvalue weighted by atomic mass is 16.5. The van der Waals surface area contributed by atoms with Gasteiger partial charge in [0.25, 0.3) is 0 Å². The predicted molar refractivity (Wildman–Crippen MR) is 63.6 cm³/mol. The molecule has 5 heteroatoms. The molecule has 17 heavy (non-hydrogen) atoms. The van der Waals surface area contributed by atoms with Crippen LogP contribution in [0.25, 0.3) is 0 Å². The smallest absolute Gasteiger partial charge is 0.236 e. The second-order valence-electron chi connectivity index (χ2n) is 5.11. The molecule has 5 nitrogen and oxygen atoms in total. The van der Waals surface area contributed by atoms with Crippen LogP contribution in [0.2, 0.25) is 0 Å². The Kier molecular flexibility index (Phi) is 4.36. The van der Waals surface area contributed by atoms with Crippen molar-refractivity contribution in [1.29, 1.82) is 0 Å². The molecule has 1 aliphatic carbocycles. The van der Waals surface area contributed by atoms with Crippen LogP contribution in [0.3, 0.4) is 0 Å². The van der Waals surface area contributed by atoms with Gasteiger partial charge in [-0.2, -0.15) is 0 Å². The van der Waals surface area contributed by atoms with Crippen LogP contribution in [0.4, 0.5) is 0 Å². The summed E-state index contributed by atoms with van der Waals surface area (Å²) in [6, 6.07) is 0.105. The van der Waals surface area contributed by atoms with Crippen LogP contribution in [0.15, 0.2) is 0 Å². The van der Waals surface area contributed by atoms with E-state index in [4.69, 9.17) is 9.84 Å². The Balaban J connectivity index is 1.74. The molecule has 1 heterocycles. The SMILES string of the molecule is CC1COC(CO)CN1C(=O)CNCC1CC1. The standard InChI is InChI=1S/C12H22N2O3/c1-9-8-17-11(7-15)6-14(9)12(16)5-13-4-10-2-3-10/h9-11,13,15H,2-8H2,1H3. The summed E-state index contributed by atoms with van der Waals surface area (Å²) >= 11 is 0. The third kappa shape index (κ3) is 3.66. The van der Waals surface area contributed by atoms with Crippen molar-refractivity contribution in [2.24, 2.45) is 5.92 Å². The monoisotopic (exact) mass is 242 g/mol. The molecule has 0 bridgehead atoms. The van der Waals surface area contributed by atoms with Gasteiger partial charge in [0.2, 0.25) is 5.91 Å². The first-order valence-electron chi connectivity index (χ1n) is 6.43. The Hall–Kier alpha value is -0.650. The Labute approximate surface area is 102 Å². The van der Waals surface area contributed by atoms with E-state index in [1.54, 1.807) is 0 Å². The topological polar surface area (TPSA) is 61.8 Å². The predicted octanol–water partition coefficient (Wildman–Crippen LogP) is -0.406. The first-order valence-corrected chi connectivity index (χ1v) is 6.43. The van der Waals surface area contributed by atoms with Crippen LogP contribution in [-0.2, 0) is 9.53 Å². The summed E-state index contributed by atoms with van der Waals surface area (Å²) in [5, 5.41) is 12.3. The highest BCUT2D eigenvalue weighted by Crippen LogP contribution is 2.27. The van der Waals surface area contributed by atoms with Gasteiger partial charge in [-0.1, -0.05) is 0 Å². The molecule has 2 atom stereocenters. The summed E-state index contributed by atoms with van der Waals surface area (Å²) in [5.41, 5.74) is 0. The molecule has 0 aromatic carbocycles. The van der Waals surface area contributed by atoms with Gasteiger partial charge in [-0.05, 0) is 32.2 Å². The van der Waals surface area contributed by atoms with Crippen molar-refractivity contribution in [3.8, 4) is 0 Å². The molecule has 98 valence electrons. The summed E-state index contributed by atoms with van der Waals surface area (Å²) in [4.78, 5) is 13.8. The van der Waals surface area contributed by atoms with Crippen LogP contribution in [0, 0.1) is 5.92 Å². The number of rotatable bonds is 5. The Morgan fingerprint density at radius 3 is 2.94 bits per heavy atom. The summed E-state index contributed by atoms with van der Waals surface area (Å²) < 4.78 is 5.41.